The Kier molecular flexibility index (Phi) is 7.39. The van der Waals surface area contributed by atoms with Crippen LogP contribution in [0.25, 0.3) is 5.57 Å². The quantitative estimate of drug-likeness (QED) is 0.399. The number of halogens is 1. The number of hydrogen-bond donors (Lipinski definition) is 4. The number of piperidine rings is 1. The van der Waals surface area contributed by atoms with Crippen molar-refractivity contribution in [1.29, 1.82) is 10.8 Å². The van der Waals surface area contributed by atoms with E-state index in [1.807, 2.05) is 6.07 Å². The number of rotatable bonds is 6. The van der Waals surface area contributed by atoms with E-state index in [4.69, 9.17) is 21.3 Å². The zero-order valence-corrected chi connectivity index (χ0v) is 21.5. The van der Waals surface area contributed by atoms with Gasteiger partial charge in [0, 0.05) is 73.4 Å². The zero-order valence-electron chi connectivity index (χ0n) is 19.9. The molecule has 2 saturated heterocycles. The number of methoxy groups -OCH3 is 1. The van der Waals surface area contributed by atoms with Gasteiger partial charge in [-0.3, -0.25) is 15.0 Å². The summed E-state index contributed by atoms with van der Waals surface area (Å²) in [4.78, 5) is 33.9. The number of benzene rings is 1. The number of anilines is 1. The molecule has 36 heavy (non-hydrogen) atoms. The lowest BCUT2D eigenvalue weighted by molar-refractivity contribution is -0.133. The Bertz CT molecular complexity index is 1230. The summed E-state index contributed by atoms with van der Waals surface area (Å²) in [5.74, 6) is 0.624. The topological polar surface area (TPSA) is 148 Å². The molecule has 0 aromatic heterocycles. The molecule has 0 saturated carbocycles. The maximum Gasteiger partial charge on any atom is 0.271 e. The minimum absolute atomic E-state index is 0.0429. The van der Waals surface area contributed by atoms with Gasteiger partial charge in [0.05, 0.1) is 17.0 Å². The summed E-state index contributed by atoms with van der Waals surface area (Å²) in [6.07, 6.45) is 8.99. The van der Waals surface area contributed by atoms with Crippen LogP contribution in [-0.4, -0.2) is 61.6 Å². The van der Waals surface area contributed by atoms with E-state index in [9.17, 15) is 9.59 Å². The lowest BCUT2D eigenvalue weighted by Crippen LogP contribution is -2.48. The molecule has 1 aromatic rings. The van der Waals surface area contributed by atoms with Gasteiger partial charge in [0.2, 0.25) is 5.91 Å². The van der Waals surface area contributed by atoms with Crippen molar-refractivity contribution in [1.82, 2.24) is 10.2 Å². The highest BCUT2D eigenvalue weighted by atomic mass is 79.9. The largest absolute Gasteiger partial charge is 0.496 e. The first kappa shape index (κ1) is 25.4. The summed E-state index contributed by atoms with van der Waals surface area (Å²) < 4.78 is 6.27. The molecule has 2 amide bonds. The Labute approximate surface area is 217 Å². The normalized spacial score (nSPS) is 20.4. The standard InChI is InChI=1S/C25H28BrN7O3/c1-36-21-10-18(2-3-19(21)16(12-27)13-28)33-9-6-25(24(33)35)4-7-32(8-5-25)23(34)20(29)11-22-30-14-17(26)15-31-22/h2-3,10-15,27,29-30H,4-9,28H2,1H3/b16-13+,22-11+,27-12?,29-20?. The molecule has 5 N–H and O–H groups in total. The van der Waals surface area contributed by atoms with Crippen molar-refractivity contribution in [3.8, 4) is 5.75 Å². The molecule has 10 nitrogen and oxygen atoms in total. The van der Waals surface area contributed by atoms with E-state index in [0.29, 0.717) is 61.6 Å². The lowest BCUT2D eigenvalue weighted by atomic mass is 9.77. The third-order valence-corrected chi connectivity index (χ3v) is 7.29. The molecule has 1 spiro atoms. The Balaban J connectivity index is 1.42. The molecule has 2 fully saturated rings. The van der Waals surface area contributed by atoms with Gasteiger partial charge in [-0.05, 0) is 47.3 Å². The van der Waals surface area contributed by atoms with Gasteiger partial charge in [0.1, 0.15) is 17.3 Å². The summed E-state index contributed by atoms with van der Waals surface area (Å²) in [6.45, 7) is 1.41. The van der Waals surface area contributed by atoms with Crippen LogP contribution in [0, 0.1) is 16.2 Å². The molecule has 188 valence electrons. The van der Waals surface area contributed by atoms with E-state index in [2.05, 4.69) is 26.2 Å². The molecule has 4 rings (SSSR count). The number of nitrogens with zero attached hydrogens (tertiary/aromatic N) is 3. The number of nitrogens with one attached hydrogen (secondary N) is 3. The molecule has 0 bridgehead atoms. The van der Waals surface area contributed by atoms with Gasteiger partial charge < -0.3 is 31.0 Å². The van der Waals surface area contributed by atoms with Crippen LogP contribution < -0.4 is 20.7 Å². The van der Waals surface area contributed by atoms with Crippen molar-refractivity contribution in [2.24, 2.45) is 16.1 Å². The molecule has 0 aliphatic carbocycles. The molecular formula is C25H28BrN7O3. The van der Waals surface area contributed by atoms with Crippen LogP contribution in [0.5, 0.6) is 5.75 Å². The van der Waals surface area contributed by atoms with Crippen LogP contribution in [0.4, 0.5) is 5.69 Å². The van der Waals surface area contributed by atoms with Crippen LogP contribution in [0.1, 0.15) is 24.8 Å². The second-order valence-electron chi connectivity index (χ2n) is 8.81. The minimum atomic E-state index is -0.521. The Morgan fingerprint density at radius 3 is 2.61 bits per heavy atom. The second kappa shape index (κ2) is 10.5. The van der Waals surface area contributed by atoms with Crippen molar-refractivity contribution in [3.63, 3.8) is 0 Å². The second-order valence-corrected chi connectivity index (χ2v) is 9.72. The predicted molar refractivity (Wildman–Crippen MR) is 144 cm³/mol. The van der Waals surface area contributed by atoms with Gasteiger partial charge in [-0.1, -0.05) is 0 Å². The number of carbonyl (C=O) groups excluding carboxylic acids is 2. The molecule has 3 aliphatic rings. The molecule has 0 atom stereocenters. The van der Waals surface area contributed by atoms with Crippen LogP contribution in [-0.2, 0) is 9.59 Å². The average Bonchev–Trinajstić information content (AvgIpc) is 3.21. The van der Waals surface area contributed by atoms with Crippen molar-refractivity contribution in [2.45, 2.75) is 19.3 Å². The molecule has 0 radical (unpaired) electrons. The summed E-state index contributed by atoms with van der Waals surface area (Å²) in [7, 11) is 1.54. The highest BCUT2D eigenvalue weighted by Gasteiger charge is 2.49. The Hall–Kier alpha value is -3.73. The Morgan fingerprint density at radius 1 is 1.28 bits per heavy atom. The van der Waals surface area contributed by atoms with Crippen LogP contribution in [0.15, 0.2) is 52.0 Å². The minimum Gasteiger partial charge on any atom is -0.496 e. The molecule has 0 unspecified atom stereocenters. The van der Waals surface area contributed by atoms with Crippen molar-refractivity contribution >= 4 is 57.1 Å². The summed E-state index contributed by atoms with van der Waals surface area (Å²) in [5, 5.41) is 18.6. The van der Waals surface area contributed by atoms with E-state index < -0.39 is 5.41 Å². The molecule has 11 heteroatoms. The highest BCUT2D eigenvalue weighted by Crippen LogP contribution is 2.44. The number of carbonyl (C=O) groups is 2. The van der Waals surface area contributed by atoms with E-state index in [-0.39, 0.29) is 17.5 Å². The fourth-order valence-electron chi connectivity index (χ4n) is 4.77. The number of aliphatic imine (C=N–C) groups is 1. The monoisotopic (exact) mass is 553 g/mol. The fourth-order valence-corrected chi connectivity index (χ4v) is 4.98. The third-order valence-electron chi connectivity index (χ3n) is 6.86. The zero-order chi connectivity index (χ0) is 25.9. The maximum atomic E-state index is 13.5. The van der Waals surface area contributed by atoms with Gasteiger partial charge in [0.15, 0.2) is 0 Å². The predicted octanol–water partition coefficient (Wildman–Crippen LogP) is 2.76. The number of likely N-dealkylation sites (tertiary alicyclic amines) is 1. The highest BCUT2D eigenvalue weighted by molar-refractivity contribution is 9.12. The van der Waals surface area contributed by atoms with E-state index in [1.54, 1.807) is 41.5 Å². The first-order chi connectivity index (χ1) is 17.3. The van der Waals surface area contributed by atoms with E-state index in [0.717, 1.165) is 16.4 Å². The molecule has 3 aliphatic heterocycles. The van der Waals surface area contributed by atoms with Gasteiger partial charge in [-0.25, -0.2) is 4.99 Å². The molecule has 1 aromatic carbocycles. The fraction of sp³-hybridized carbons (Fsp3) is 0.320. The maximum absolute atomic E-state index is 13.5. The number of amides is 2. The van der Waals surface area contributed by atoms with Crippen molar-refractivity contribution in [3.05, 3.63) is 52.5 Å². The van der Waals surface area contributed by atoms with Gasteiger partial charge in [0.25, 0.3) is 5.91 Å². The smallest absolute Gasteiger partial charge is 0.271 e. The van der Waals surface area contributed by atoms with Crippen LogP contribution in [0.2, 0.25) is 0 Å². The SMILES string of the molecule is COc1cc(N2CCC3(CCN(C(=O)C(=N)/C=C4/N=CC(Br)=CN4)CC3)C2=O)ccc1/C(C=N)=C/N. The van der Waals surface area contributed by atoms with Crippen molar-refractivity contribution < 1.29 is 14.3 Å². The third kappa shape index (κ3) is 4.83. The van der Waals surface area contributed by atoms with Crippen molar-refractivity contribution in [2.75, 3.05) is 31.6 Å². The first-order valence-electron chi connectivity index (χ1n) is 11.5. The summed E-state index contributed by atoms with van der Waals surface area (Å²) >= 11 is 3.29. The average molecular weight is 554 g/mol. The number of nitrogens with two attached hydrogens (primary N) is 1. The Morgan fingerprint density at radius 2 is 2.00 bits per heavy atom. The van der Waals surface area contributed by atoms with Crippen LogP contribution in [0.3, 0.4) is 0 Å². The van der Waals surface area contributed by atoms with Gasteiger partial charge in [-0.2, -0.15) is 0 Å². The number of allylic oxidation sites excluding steroid dienone is 2. The number of ether oxygens (including phenoxy) is 1. The van der Waals surface area contributed by atoms with Crippen LogP contribution >= 0.6 is 15.9 Å². The summed E-state index contributed by atoms with van der Waals surface area (Å²) in [5.41, 5.74) is 6.89. The summed E-state index contributed by atoms with van der Waals surface area (Å²) in [6, 6.07) is 5.43. The lowest BCUT2D eigenvalue weighted by Gasteiger charge is -2.37. The molecular weight excluding hydrogens is 526 g/mol. The first-order valence-corrected chi connectivity index (χ1v) is 12.3. The van der Waals surface area contributed by atoms with Gasteiger partial charge in [-0.15, -0.1) is 0 Å². The number of hydrogen-bond acceptors (Lipinski definition) is 8. The van der Waals surface area contributed by atoms with Gasteiger partial charge >= 0.3 is 0 Å². The van der Waals surface area contributed by atoms with E-state index >= 15 is 0 Å². The molecule has 3 heterocycles. The van der Waals surface area contributed by atoms with E-state index in [1.165, 1.54) is 12.3 Å².